The number of aryl methyl sites for hydroxylation is 2. The first-order chi connectivity index (χ1) is 7.15. The molecule has 0 aliphatic carbocycles. The zero-order valence-corrected chi connectivity index (χ0v) is 9.67. The van der Waals surface area contributed by atoms with Crippen LogP contribution in [0.25, 0.3) is 6.08 Å². The molecule has 1 aromatic carbocycles. The maximum absolute atomic E-state index is 9.61. The summed E-state index contributed by atoms with van der Waals surface area (Å²) < 4.78 is 0. The molecular weight excluding hydrogens is 186 g/mol. The summed E-state index contributed by atoms with van der Waals surface area (Å²) in [6, 6.07) is 4.00. The van der Waals surface area contributed by atoms with Crippen molar-refractivity contribution in [1.82, 2.24) is 5.32 Å². The number of rotatable bonds is 4. The van der Waals surface area contributed by atoms with Crippen molar-refractivity contribution >= 4 is 6.08 Å². The molecule has 0 aromatic heterocycles. The van der Waals surface area contributed by atoms with Crippen molar-refractivity contribution < 1.29 is 5.11 Å². The quantitative estimate of drug-likeness (QED) is 0.741. The molecule has 2 nitrogen and oxygen atoms in total. The van der Waals surface area contributed by atoms with E-state index in [1.165, 1.54) is 0 Å². The molecule has 0 saturated carbocycles. The van der Waals surface area contributed by atoms with Gasteiger partial charge in [-0.2, -0.15) is 0 Å². The van der Waals surface area contributed by atoms with Gasteiger partial charge in [0.15, 0.2) is 0 Å². The van der Waals surface area contributed by atoms with Crippen molar-refractivity contribution in [1.29, 1.82) is 0 Å². The first kappa shape index (κ1) is 11.8. The van der Waals surface area contributed by atoms with Crippen LogP contribution in [-0.2, 0) is 0 Å². The van der Waals surface area contributed by atoms with Gasteiger partial charge >= 0.3 is 0 Å². The Hall–Kier alpha value is -1.28. The van der Waals surface area contributed by atoms with Crippen LogP contribution in [0.5, 0.6) is 5.75 Å². The number of phenolic OH excluding ortho intramolecular Hbond substituents is 1. The summed E-state index contributed by atoms with van der Waals surface area (Å²) >= 11 is 0. The minimum Gasteiger partial charge on any atom is -0.507 e. The first-order valence-corrected chi connectivity index (χ1v) is 5.26. The van der Waals surface area contributed by atoms with Gasteiger partial charge in [0, 0.05) is 0 Å². The zero-order chi connectivity index (χ0) is 11.3. The van der Waals surface area contributed by atoms with Gasteiger partial charge in [0.2, 0.25) is 0 Å². The Morgan fingerprint density at radius 2 is 1.87 bits per heavy atom. The number of benzene rings is 1. The molecule has 2 heteroatoms. The van der Waals surface area contributed by atoms with Crippen molar-refractivity contribution in [2.24, 2.45) is 0 Å². The largest absolute Gasteiger partial charge is 0.507 e. The average Bonchev–Trinajstić information content (AvgIpc) is 2.21. The van der Waals surface area contributed by atoms with E-state index in [0.29, 0.717) is 5.75 Å². The Bertz CT molecular complexity index is 333. The minimum absolute atomic E-state index is 0.405. The standard InChI is InChI=1S/C13H19NO/c1-10-8-12(6-4-5-7-14-3)9-11(2)13(10)15/h4,6,8-9,14-15H,5,7H2,1-3H3. The SMILES string of the molecule is CNCCC=Cc1cc(C)c(O)c(C)c1. The summed E-state index contributed by atoms with van der Waals surface area (Å²) in [7, 11) is 1.95. The summed E-state index contributed by atoms with van der Waals surface area (Å²) in [4.78, 5) is 0. The maximum Gasteiger partial charge on any atom is 0.121 e. The van der Waals surface area contributed by atoms with E-state index in [0.717, 1.165) is 29.7 Å². The molecule has 15 heavy (non-hydrogen) atoms. The van der Waals surface area contributed by atoms with E-state index in [1.54, 1.807) is 0 Å². The number of aromatic hydroxyl groups is 1. The lowest BCUT2D eigenvalue weighted by Gasteiger charge is -2.04. The van der Waals surface area contributed by atoms with Crippen LogP contribution < -0.4 is 5.32 Å². The second-order valence-corrected chi connectivity index (χ2v) is 3.80. The molecule has 0 heterocycles. The Balaban J connectivity index is 2.74. The third kappa shape index (κ3) is 3.40. The highest BCUT2D eigenvalue weighted by molar-refractivity contribution is 5.55. The van der Waals surface area contributed by atoms with Gasteiger partial charge in [-0.05, 0) is 62.7 Å². The van der Waals surface area contributed by atoms with Gasteiger partial charge in [-0.25, -0.2) is 0 Å². The van der Waals surface area contributed by atoms with E-state index in [-0.39, 0.29) is 0 Å². The Morgan fingerprint density at radius 1 is 1.27 bits per heavy atom. The Kier molecular flexibility index (Phi) is 4.37. The van der Waals surface area contributed by atoms with Crippen molar-refractivity contribution in [2.45, 2.75) is 20.3 Å². The second-order valence-electron chi connectivity index (χ2n) is 3.80. The number of phenols is 1. The molecule has 0 radical (unpaired) electrons. The third-order valence-electron chi connectivity index (χ3n) is 2.38. The van der Waals surface area contributed by atoms with Crippen LogP contribution in [-0.4, -0.2) is 18.7 Å². The second kappa shape index (κ2) is 5.56. The molecule has 0 aliphatic heterocycles. The third-order valence-corrected chi connectivity index (χ3v) is 2.38. The maximum atomic E-state index is 9.61. The molecule has 2 N–H and O–H groups in total. The molecule has 1 rings (SSSR count). The van der Waals surface area contributed by atoms with Gasteiger partial charge in [-0.3, -0.25) is 0 Å². The number of nitrogens with one attached hydrogen (secondary N) is 1. The van der Waals surface area contributed by atoms with Gasteiger partial charge in [0.1, 0.15) is 5.75 Å². The Labute approximate surface area is 91.6 Å². The van der Waals surface area contributed by atoms with E-state index in [4.69, 9.17) is 0 Å². The predicted molar refractivity (Wildman–Crippen MR) is 65.2 cm³/mol. The number of hydrogen-bond acceptors (Lipinski definition) is 2. The smallest absolute Gasteiger partial charge is 0.121 e. The fourth-order valence-electron chi connectivity index (χ4n) is 1.53. The van der Waals surface area contributed by atoms with Crippen LogP contribution in [0.1, 0.15) is 23.1 Å². The van der Waals surface area contributed by atoms with Gasteiger partial charge in [0.05, 0.1) is 0 Å². The lowest BCUT2D eigenvalue weighted by Crippen LogP contribution is -2.05. The van der Waals surface area contributed by atoms with Gasteiger partial charge in [0.25, 0.3) is 0 Å². The minimum atomic E-state index is 0.405. The first-order valence-electron chi connectivity index (χ1n) is 5.26. The monoisotopic (exact) mass is 205 g/mol. The summed E-state index contributed by atoms with van der Waals surface area (Å²) in [6.45, 7) is 4.84. The Morgan fingerprint density at radius 3 is 2.40 bits per heavy atom. The normalized spacial score (nSPS) is 11.1. The fraction of sp³-hybridized carbons (Fsp3) is 0.385. The van der Waals surface area contributed by atoms with Crippen LogP contribution in [0.2, 0.25) is 0 Å². The van der Waals surface area contributed by atoms with Crippen molar-refractivity contribution in [3.63, 3.8) is 0 Å². The summed E-state index contributed by atoms with van der Waals surface area (Å²) in [6.07, 6.45) is 5.26. The van der Waals surface area contributed by atoms with Gasteiger partial charge in [-0.1, -0.05) is 12.2 Å². The molecule has 0 aliphatic rings. The van der Waals surface area contributed by atoms with E-state index in [1.807, 2.05) is 33.0 Å². The van der Waals surface area contributed by atoms with Crippen LogP contribution in [0, 0.1) is 13.8 Å². The molecule has 0 bridgehead atoms. The lowest BCUT2D eigenvalue weighted by molar-refractivity contribution is 0.467. The molecular formula is C13H19NO. The van der Waals surface area contributed by atoms with E-state index in [2.05, 4.69) is 17.5 Å². The molecule has 82 valence electrons. The predicted octanol–water partition coefficient (Wildman–Crippen LogP) is 2.63. The topological polar surface area (TPSA) is 32.3 Å². The van der Waals surface area contributed by atoms with Crippen LogP contribution in [0.3, 0.4) is 0 Å². The molecule has 0 fully saturated rings. The van der Waals surface area contributed by atoms with E-state index >= 15 is 0 Å². The van der Waals surface area contributed by atoms with Crippen LogP contribution in [0.15, 0.2) is 18.2 Å². The van der Waals surface area contributed by atoms with Crippen LogP contribution in [0.4, 0.5) is 0 Å². The highest BCUT2D eigenvalue weighted by Crippen LogP contribution is 2.23. The summed E-state index contributed by atoms with van der Waals surface area (Å²) in [5.74, 6) is 0.405. The molecule has 0 unspecified atom stereocenters. The van der Waals surface area contributed by atoms with Crippen molar-refractivity contribution in [3.8, 4) is 5.75 Å². The van der Waals surface area contributed by atoms with Gasteiger partial charge in [-0.15, -0.1) is 0 Å². The molecule has 0 atom stereocenters. The van der Waals surface area contributed by atoms with Crippen molar-refractivity contribution in [2.75, 3.05) is 13.6 Å². The summed E-state index contributed by atoms with van der Waals surface area (Å²) in [5, 5.41) is 12.7. The van der Waals surface area contributed by atoms with Crippen LogP contribution >= 0.6 is 0 Å². The lowest BCUT2D eigenvalue weighted by atomic mass is 10.1. The highest BCUT2D eigenvalue weighted by Gasteiger charge is 2.00. The van der Waals surface area contributed by atoms with E-state index < -0.39 is 0 Å². The fourth-order valence-corrected chi connectivity index (χ4v) is 1.53. The van der Waals surface area contributed by atoms with Gasteiger partial charge < -0.3 is 10.4 Å². The van der Waals surface area contributed by atoms with Crippen molar-refractivity contribution in [3.05, 3.63) is 34.9 Å². The summed E-state index contributed by atoms with van der Waals surface area (Å²) in [5.41, 5.74) is 3.02. The molecule has 0 spiro atoms. The molecule has 1 aromatic rings. The van der Waals surface area contributed by atoms with E-state index in [9.17, 15) is 5.11 Å². The number of hydrogen-bond donors (Lipinski definition) is 2. The molecule has 0 saturated heterocycles. The zero-order valence-electron chi connectivity index (χ0n) is 9.67. The average molecular weight is 205 g/mol. The highest BCUT2D eigenvalue weighted by atomic mass is 16.3. The molecule has 0 amide bonds.